The zero-order chi connectivity index (χ0) is 17.7. The van der Waals surface area contributed by atoms with E-state index in [2.05, 4.69) is 10.6 Å². The van der Waals surface area contributed by atoms with Gasteiger partial charge in [-0.2, -0.15) is 13.2 Å². The van der Waals surface area contributed by atoms with E-state index in [-0.39, 0.29) is 24.8 Å². The molecule has 11 heteroatoms. The van der Waals surface area contributed by atoms with E-state index < -0.39 is 24.7 Å². The first-order valence-electron chi connectivity index (χ1n) is 7.80. The molecule has 1 amide bonds. The van der Waals surface area contributed by atoms with E-state index >= 15 is 0 Å². The molecule has 1 aromatic rings. The van der Waals surface area contributed by atoms with E-state index in [4.69, 9.17) is 0 Å². The summed E-state index contributed by atoms with van der Waals surface area (Å²) in [4.78, 5) is 16.1. The highest BCUT2D eigenvalue weighted by Gasteiger charge is 2.43. The lowest BCUT2D eigenvalue weighted by Crippen LogP contribution is -2.57. The minimum atomic E-state index is -4.37. The van der Waals surface area contributed by atoms with Gasteiger partial charge in [0, 0.05) is 39.3 Å². The molecule has 0 spiro atoms. The molecule has 0 saturated carbocycles. The molecule has 1 saturated heterocycles. The number of nitrogens with zero attached hydrogens (tertiary/aromatic N) is 2. The van der Waals surface area contributed by atoms with Crippen LogP contribution >= 0.6 is 36.2 Å². The number of hydrogen-bond acceptors (Lipinski definition) is 5. The lowest BCUT2D eigenvalue weighted by molar-refractivity contribution is -0.183. The first-order valence-corrected chi connectivity index (χ1v) is 8.68. The van der Waals surface area contributed by atoms with Gasteiger partial charge in [0.25, 0.3) is 5.91 Å². The van der Waals surface area contributed by atoms with Crippen LogP contribution in [0, 0.1) is 0 Å². The maximum absolute atomic E-state index is 13.3. The fourth-order valence-corrected chi connectivity index (χ4v) is 3.55. The van der Waals surface area contributed by atoms with Crippen LogP contribution < -0.4 is 10.6 Å². The molecule has 5 nitrogen and oxygen atoms in total. The van der Waals surface area contributed by atoms with E-state index in [9.17, 15) is 18.0 Å². The SMILES string of the molecule is CN(C)Cc1ccsc1C(=O)NCC(N1CCNCC1)C(F)(F)F.Cl.Cl. The second-order valence-corrected chi connectivity index (χ2v) is 6.98. The minimum absolute atomic E-state index is 0. The summed E-state index contributed by atoms with van der Waals surface area (Å²) < 4.78 is 40.0. The Kier molecular flexibility index (Phi) is 11.1. The van der Waals surface area contributed by atoms with Crippen LogP contribution in [0.1, 0.15) is 15.2 Å². The Morgan fingerprint density at radius 2 is 1.96 bits per heavy atom. The van der Waals surface area contributed by atoms with E-state index in [1.165, 1.54) is 16.2 Å². The highest BCUT2D eigenvalue weighted by Crippen LogP contribution is 2.25. The van der Waals surface area contributed by atoms with Gasteiger partial charge < -0.3 is 15.5 Å². The smallest absolute Gasteiger partial charge is 0.349 e. The van der Waals surface area contributed by atoms with Crippen molar-refractivity contribution in [3.05, 3.63) is 21.9 Å². The quantitative estimate of drug-likeness (QED) is 0.717. The summed E-state index contributed by atoms with van der Waals surface area (Å²) in [6, 6.07) is 0.178. The van der Waals surface area contributed by atoms with Crippen molar-refractivity contribution < 1.29 is 18.0 Å². The average molecular weight is 437 g/mol. The highest BCUT2D eigenvalue weighted by atomic mass is 35.5. The Labute approximate surface area is 168 Å². The summed E-state index contributed by atoms with van der Waals surface area (Å²) in [5.74, 6) is -0.439. The topological polar surface area (TPSA) is 47.6 Å². The zero-order valence-electron chi connectivity index (χ0n) is 14.6. The normalized spacial score (nSPS) is 16.5. The van der Waals surface area contributed by atoms with Gasteiger partial charge in [0.1, 0.15) is 6.04 Å². The number of amides is 1. The maximum atomic E-state index is 13.3. The molecule has 0 aliphatic carbocycles. The Morgan fingerprint density at radius 1 is 1.35 bits per heavy atom. The number of hydrogen-bond donors (Lipinski definition) is 2. The molecule has 0 bridgehead atoms. The van der Waals surface area contributed by atoms with Crippen LogP contribution in [-0.4, -0.2) is 74.7 Å². The van der Waals surface area contributed by atoms with Gasteiger partial charge in [0.05, 0.1) is 4.88 Å². The molecule has 2 N–H and O–H groups in total. The Hall–Kier alpha value is -0.580. The summed E-state index contributed by atoms with van der Waals surface area (Å²) in [6.45, 7) is 1.85. The van der Waals surface area contributed by atoms with Gasteiger partial charge in [-0.05, 0) is 31.1 Å². The second kappa shape index (κ2) is 11.3. The summed E-state index contributed by atoms with van der Waals surface area (Å²) in [6.07, 6.45) is -4.37. The van der Waals surface area contributed by atoms with E-state index in [0.717, 1.165) is 5.56 Å². The molecule has 1 aliphatic heterocycles. The van der Waals surface area contributed by atoms with E-state index in [1.54, 1.807) is 5.38 Å². The summed E-state index contributed by atoms with van der Waals surface area (Å²) in [5, 5.41) is 7.29. The van der Waals surface area contributed by atoms with Crippen molar-refractivity contribution >= 4 is 42.1 Å². The lowest BCUT2D eigenvalue weighted by Gasteiger charge is -2.35. The standard InChI is InChI=1S/C15H23F3N4OS.2ClH/c1-21(2)10-11-3-8-24-13(11)14(23)20-9-12(15(16,17)18)22-6-4-19-5-7-22;;/h3,8,12,19H,4-7,9-10H2,1-2H3,(H,20,23);2*1H. The van der Waals surface area contributed by atoms with Crippen LogP contribution in [0.4, 0.5) is 13.2 Å². The molecular formula is C15H25Cl2F3N4OS. The monoisotopic (exact) mass is 436 g/mol. The third-order valence-electron chi connectivity index (χ3n) is 3.87. The Morgan fingerprint density at radius 3 is 2.50 bits per heavy atom. The predicted octanol–water partition coefficient (Wildman–Crippen LogP) is 2.22. The summed E-state index contributed by atoms with van der Waals surface area (Å²) in [5.41, 5.74) is 0.827. The molecular weight excluding hydrogens is 412 g/mol. The second-order valence-electron chi connectivity index (χ2n) is 6.07. The van der Waals surface area contributed by atoms with Crippen molar-refractivity contribution in [1.82, 2.24) is 20.4 Å². The van der Waals surface area contributed by atoms with E-state index in [1.807, 2.05) is 25.1 Å². The van der Waals surface area contributed by atoms with Crippen LogP contribution in [0.3, 0.4) is 0 Å². The van der Waals surface area contributed by atoms with Crippen LogP contribution in [0.2, 0.25) is 0 Å². The largest absolute Gasteiger partial charge is 0.405 e. The van der Waals surface area contributed by atoms with Crippen molar-refractivity contribution in [3.63, 3.8) is 0 Å². The first-order chi connectivity index (χ1) is 11.3. The number of carbonyl (C=O) groups excluding carboxylic acids is 1. The van der Waals surface area contributed by atoms with Gasteiger partial charge in [0.15, 0.2) is 0 Å². The van der Waals surface area contributed by atoms with Crippen LogP contribution in [0.5, 0.6) is 0 Å². The van der Waals surface area contributed by atoms with Crippen LogP contribution in [0.15, 0.2) is 11.4 Å². The van der Waals surface area contributed by atoms with Crippen molar-refractivity contribution in [1.29, 1.82) is 0 Å². The van der Waals surface area contributed by atoms with Gasteiger partial charge in [0.2, 0.25) is 0 Å². The summed E-state index contributed by atoms with van der Waals surface area (Å²) >= 11 is 1.25. The number of nitrogens with one attached hydrogen (secondary N) is 2. The first kappa shape index (κ1) is 25.4. The number of alkyl halides is 3. The highest BCUT2D eigenvalue weighted by molar-refractivity contribution is 7.12. The van der Waals surface area contributed by atoms with Gasteiger partial charge >= 0.3 is 6.18 Å². The molecule has 2 rings (SSSR count). The van der Waals surface area contributed by atoms with Gasteiger partial charge in [-0.1, -0.05) is 0 Å². The van der Waals surface area contributed by atoms with Crippen LogP contribution in [0.25, 0.3) is 0 Å². The fraction of sp³-hybridized carbons (Fsp3) is 0.667. The fourth-order valence-electron chi connectivity index (χ4n) is 2.72. The van der Waals surface area contributed by atoms with E-state index in [0.29, 0.717) is 37.6 Å². The van der Waals surface area contributed by atoms with Crippen molar-refractivity contribution in [2.45, 2.75) is 18.8 Å². The zero-order valence-corrected chi connectivity index (χ0v) is 17.1. The third kappa shape index (κ3) is 7.21. The lowest BCUT2D eigenvalue weighted by atomic mass is 10.2. The molecule has 2 heterocycles. The van der Waals surface area contributed by atoms with Crippen molar-refractivity contribution in [2.75, 3.05) is 46.8 Å². The minimum Gasteiger partial charge on any atom is -0.349 e. The summed E-state index contributed by atoms with van der Waals surface area (Å²) in [7, 11) is 3.76. The van der Waals surface area contributed by atoms with Gasteiger partial charge in [-0.3, -0.25) is 9.69 Å². The number of rotatable bonds is 6. The molecule has 1 atom stereocenters. The maximum Gasteiger partial charge on any atom is 0.405 e. The molecule has 26 heavy (non-hydrogen) atoms. The predicted molar refractivity (Wildman–Crippen MR) is 103 cm³/mol. The number of piperazine rings is 1. The number of thiophene rings is 1. The molecule has 0 aromatic carbocycles. The molecule has 1 aromatic heterocycles. The number of halogens is 5. The molecule has 152 valence electrons. The van der Waals surface area contributed by atoms with Gasteiger partial charge in [-0.25, -0.2) is 0 Å². The Bertz CT molecular complexity index is 551. The number of carbonyl (C=O) groups is 1. The van der Waals surface area contributed by atoms with Crippen molar-refractivity contribution in [3.8, 4) is 0 Å². The Balaban J connectivity index is 0.00000312. The van der Waals surface area contributed by atoms with Crippen molar-refractivity contribution in [2.24, 2.45) is 0 Å². The molecule has 0 radical (unpaired) electrons. The molecule has 1 aliphatic rings. The van der Waals surface area contributed by atoms with Gasteiger partial charge in [-0.15, -0.1) is 36.2 Å². The molecule has 1 fully saturated rings. The average Bonchev–Trinajstić information content (AvgIpc) is 2.94. The molecule has 1 unspecified atom stereocenters. The van der Waals surface area contributed by atoms with Crippen LogP contribution in [-0.2, 0) is 6.54 Å². The third-order valence-corrected chi connectivity index (χ3v) is 4.82.